The number of carbonyl (C=O) groups is 2. The van der Waals surface area contributed by atoms with Crippen molar-refractivity contribution >= 4 is 12.2 Å². The summed E-state index contributed by atoms with van der Waals surface area (Å²) < 4.78 is 22.3. The van der Waals surface area contributed by atoms with Crippen molar-refractivity contribution < 1.29 is 28.5 Å². The van der Waals surface area contributed by atoms with Crippen molar-refractivity contribution in [1.29, 1.82) is 0 Å². The molecule has 0 bridgehead atoms. The lowest BCUT2D eigenvalue weighted by molar-refractivity contribution is -0.0849. The molecule has 0 saturated carbocycles. The number of hydrogen-bond donors (Lipinski definition) is 2. The van der Waals surface area contributed by atoms with Crippen LogP contribution in [0.2, 0.25) is 0 Å². The van der Waals surface area contributed by atoms with Gasteiger partial charge in [-0.25, -0.2) is 9.59 Å². The molecule has 2 N–H and O–H groups in total. The summed E-state index contributed by atoms with van der Waals surface area (Å²) in [5.74, 6) is 0. The number of piperidine rings is 2. The van der Waals surface area contributed by atoms with Gasteiger partial charge < -0.3 is 29.6 Å². The molecule has 4 aliphatic heterocycles. The molecule has 0 spiro atoms. The Bertz CT molecular complexity index is 630. The van der Waals surface area contributed by atoms with Crippen molar-refractivity contribution in [2.75, 3.05) is 52.5 Å². The summed E-state index contributed by atoms with van der Waals surface area (Å²) in [6.07, 6.45) is 1.81. The summed E-state index contributed by atoms with van der Waals surface area (Å²) in [5, 5.41) is 6.60. The van der Waals surface area contributed by atoms with Gasteiger partial charge in [-0.3, -0.25) is 9.80 Å². The molecule has 196 valence electrons. The van der Waals surface area contributed by atoms with Gasteiger partial charge in [0, 0.05) is 26.2 Å². The van der Waals surface area contributed by atoms with Crippen LogP contribution in [0.5, 0.6) is 0 Å². The molecule has 0 aliphatic carbocycles. The fourth-order valence-electron chi connectivity index (χ4n) is 4.68. The molecule has 0 aromatic carbocycles. The third-order valence-electron chi connectivity index (χ3n) is 6.16. The van der Waals surface area contributed by atoms with Gasteiger partial charge >= 0.3 is 12.2 Å². The molecule has 4 saturated heterocycles. The van der Waals surface area contributed by atoms with E-state index in [-0.39, 0.29) is 36.5 Å². The molecule has 2 amide bonds. The summed E-state index contributed by atoms with van der Waals surface area (Å²) in [4.78, 5) is 27.8. The number of fused-ring (bicyclic) bond motifs is 2. The van der Waals surface area contributed by atoms with Crippen molar-refractivity contribution in [1.82, 2.24) is 20.4 Å². The minimum absolute atomic E-state index is 0.118. The molecular weight excluding hydrogens is 440 g/mol. The Hall–Kier alpha value is -1.62. The van der Waals surface area contributed by atoms with E-state index in [2.05, 4.69) is 10.6 Å². The zero-order valence-corrected chi connectivity index (χ0v) is 21.7. The van der Waals surface area contributed by atoms with Crippen LogP contribution in [0.1, 0.15) is 54.4 Å². The van der Waals surface area contributed by atoms with Gasteiger partial charge in [0.1, 0.15) is 11.2 Å². The van der Waals surface area contributed by atoms with Crippen LogP contribution in [0.4, 0.5) is 9.59 Å². The van der Waals surface area contributed by atoms with Gasteiger partial charge in [0.05, 0.1) is 37.5 Å². The van der Waals surface area contributed by atoms with E-state index in [4.69, 9.17) is 18.9 Å². The van der Waals surface area contributed by atoms with Gasteiger partial charge in [-0.1, -0.05) is 0 Å². The number of nitrogens with one attached hydrogen (secondary N) is 2. The maximum absolute atomic E-state index is 12.1. The first-order valence-electron chi connectivity index (χ1n) is 12.6. The molecule has 0 radical (unpaired) electrons. The SMILES string of the molecule is CC(C)(C)OC(=O)N1CCO[C@@H]2CCNC[C@H]21.CC(C)(C)OC(=O)N1CCO[C@H]2CCNC[C@@H]21. The van der Waals surface area contributed by atoms with E-state index in [0.717, 1.165) is 39.0 Å². The van der Waals surface area contributed by atoms with E-state index in [1.165, 1.54) is 0 Å². The van der Waals surface area contributed by atoms with Gasteiger partial charge in [-0.15, -0.1) is 0 Å². The van der Waals surface area contributed by atoms with Crippen molar-refractivity contribution in [2.24, 2.45) is 0 Å². The quantitative estimate of drug-likeness (QED) is 0.538. The molecule has 4 atom stereocenters. The van der Waals surface area contributed by atoms with Gasteiger partial charge in [-0.05, 0) is 67.5 Å². The second-order valence-corrected chi connectivity index (χ2v) is 11.3. The van der Waals surface area contributed by atoms with E-state index < -0.39 is 11.2 Å². The maximum Gasteiger partial charge on any atom is 0.410 e. The number of nitrogens with zero attached hydrogens (tertiary/aromatic N) is 2. The van der Waals surface area contributed by atoms with Gasteiger partial charge in [-0.2, -0.15) is 0 Å². The highest BCUT2D eigenvalue weighted by molar-refractivity contribution is 5.69. The largest absolute Gasteiger partial charge is 0.444 e. The van der Waals surface area contributed by atoms with Gasteiger partial charge in [0.15, 0.2) is 0 Å². The average Bonchev–Trinajstić information content (AvgIpc) is 2.76. The Balaban J connectivity index is 0.000000191. The third kappa shape index (κ3) is 7.69. The van der Waals surface area contributed by atoms with Crippen molar-refractivity contribution in [2.45, 2.75) is 89.9 Å². The number of carbonyl (C=O) groups excluding carboxylic acids is 2. The Morgan fingerprint density at radius 2 is 1.12 bits per heavy atom. The van der Waals surface area contributed by atoms with E-state index in [0.29, 0.717) is 26.3 Å². The minimum Gasteiger partial charge on any atom is -0.444 e. The summed E-state index contributed by atoms with van der Waals surface area (Å²) in [5.41, 5.74) is -0.875. The standard InChI is InChI=1S/2C12H22N2O3/c2*1-12(2,3)17-11(15)14-6-7-16-10-4-5-13-8-9(10)14/h2*9-10,13H,4-8H2,1-3H3/t2*9-,10-/m10/s1. The Labute approximate surface area is 204 Å². The highest BCUT2D eigenvalue weighted by atomic mass is 16.6. The van der Waals surface area contributed by atoms with Crippen LogP contribution in [0.25, 0.3) is 0 Å². The van der Waals surface area contributed by atoms with Crippen LogP contribution in [0, 0.1) is 0 Å². The Morgan fingerprint density at radius 1 is 0.735 bits per heavy atom. The summed E-state index contributed by atoms with van der Waals surface area (Å²) in [7, 11) is 0. The number of morpholine rings is 2. The molecular formula is C24H44N4O6. The fourth-order valence-corrected chi connectivity index (χ4v) is 4.68. The van der Waals surface area contributed by atoms with Crippen molar-refractivity contribution in [3.63, 3.8) is 0 Å². The second-order valence-electron chi connectivity index (χ2n) is 11.3. The van der Waals surface area contributed by atoms with Gasteiger partial charge in [0.25, 0.3) is 0 Å². The molecule has 10 heteroatoms. The smallest absolute Gasteiger partial charge is 0.410 e. The summed E-state index contributed by atoms with van der Waals surface area (Å²) in [6, 6.07) is 0.236. The van der Waals surface area contributed by atoms with E-state index in [1.54, 1.807) is 0 Å². The lowest BCUT2D eigenvalue weighted by Gasteiger charge is -2.43. The van der Waals surface area contributed by atoms with E-state index in [1.807, 2.05) is 51.3 Å². The topological polar surface area (TPSA) is 102 Å². The predicted molar refractivity (Wildman–Crippen MR) is 128 cm³/mol. The Kier molecular flexibility index (Phi) is 9.05. The molecule has 4 fully saturated rings. The molecule has 4 rings (SSSR count). The van der Waals surface area contributed by atoms with Crippen molar-refractivity contribution in [3.8, 4) is 0 Å². The number of amides is 2. The summed E-state index contributed by atoms with van der Waals surface area (Å²) in [6.45, 7) is 17.3. The highest BCUT2D eigenvalue weighted by Gasteiger charge is 2.39. The van der Waals surface area contributed by atoms with Crippen molar-refractivity contribution in [3.05, 3.63) is 0 Å². The van der Waals surface area contributed by atoms with Crippen LogP contribution in [0.3, 0.4) is 0 Å². The maximum atomic E-state index is 12.1. The molecule has 4 heterocycles. The van der Waals surface area contributed by atoms with Crippen LogP contribution in [-0.2, 0) is 18.9 Å². The first-order valence-corrected chi connectivity index (χ1v) is 12.6. The monoisotopic (exact) mass is 484 g/mol. The molecule has 0 aromatic rings. The average molecular weight is 485 g/mol. The first-order chi connectivity index (χ1) is 15.9. The zero-order valence-electron chi connectivity index (χ0n) is 21.7. The highest BCUT2D eigenvalue weighted by Crippen LogP contribution is 2.23. The lowest BCUT2D eigenvalue weighted by atomic mass is 10.0. The number of rotatable bonds is 0. The molecule has 0 aromatic heterocycles. The van der Waals surface area contributed by atoms with Crippen LogP contribution in [-0.4, -0.2) is 110 Å². The van der Waals surface area contributed by atoms with E-state index >= 15 is 0 Å². The second kappa shape index (κ2) is 11.4. The summed E-state index contributed by atoms with van der Waals surface area (Å²) >= 11 is 0. The van der Waals surface area contributed by atoms with E-state index in [9.17, 15) is 9.59 Å². The number of ether oxygens (including phenoxy) is 4. The fraction of sp³-hybridized carbons (Fsp3) is 0.917. The number of hydrogen-bond acceptors (Lipinski definition) is 8. The molecule has 10 nitrogen and oxygen atoms in total. The molecule has 0 unspecified atom stereocenters. The van der Waals surface area contributed by atoms with Crippen LogP contribution < -0.4 is 10.6 Å². The third-order valence-corrected chi connectivity index (χ3v) is 6.16. The van der Waals surface area contributed by atoms with Crippen LogP contribution >= 0.6 is 0 Å². The molecule has 34 heavy (non-hydrogen) atoms. The predicted octanol–water partition coefficient (Wildman–Crippen LogP) is 1.97. The Morgan fingerprint density at radius 3 is 1.47 bits per heavy atom. The zero-order chi connectivity index (χ0) is 24.9. The lowest BCUT2D eigenvalue weighted by Crippen LogP contribution is -2.61. The normalized spacial score (nSPS) is 29.7. The van der Waals surface area contributed by atoms with Gasteiger partial charge in [0.2, 0.25) is 0 Å². The first kappa shape index (κ1) is 27.0. The minimum atomic E-state index is -0.438. The van der Waals surface area contributed by atoms with Crippen LogP contribution in [0.15, 0.2) is 0 Å². The molecule has 4 aliphatic rings.